The maximum Gasteiger partial charge on any atom is 0.205 e. The van der Waals surface area contributed by atoms with E-state index in [1.165, 1.54) is 0 Å². The molecule has 1 aliphatic rings. The molecular weight excluding hydrogens is 288 g/mol. The third-order valence-corrected chi connectivity index (χ3v) is 5.64. The highest BCUT2D eigenvalue weighted by Gasteiger charge is 2.32. The van der Waals surface area contributed by atoms with Gasteiger partial charge in [0.15, 0.2) is 0 Å². The molecule has 0 spiro atoms. The molecule has 0 aliphatic heterocycles. The van der Waals surface area contributed by atoms with Crippen LogP contribution in [0.25, 0.3) is 0 Å². The molecule has 0 saturated heterocycles. The van der Waals surface area contributed by atoms with Gasteiger partial charge in [-0.1, -0.05) is 24.3 Å². The van der Waals surface area contributed by atoms with Crippen molar-refractivity contribution < 1.29 is 17.9 Å². The number of hydrogen-bond acceptors (Lipinski definition) is 4. The van der Waals surface area contributed by atoms with Crippen LogP contribution in [0.4, 0.5) is 0 Å². The largest absolute Gasteiger partial charge is 0.469 e. The molecule has 0 saturated carbocycles. The SMILES string of the molecule is O=S(=O)(C1=C[C@@H](c2ccco2)CC[C@H]1O)c1ccccc1. The topological polar surface area (TPSA) is 67.5 Å². The molecule has 4 nitrogen and oxygen atoms in total. The minimum absolute atomic E-state index is 0.0707. The van der Waals surface area contributed by atoms with Gasteiger partial charge in [-0.05, 0) is 37.1 Å². The first-order valence-corrected chi connectivity index (χ1v) is 8.30. The Labute approximate surface area is 123 Å². The lowest BCUT2D eigenvalue weighted by molar-refractivity contribution is 0.193. The van der Waals surface area contributed by atoms with Crippen LogP contribution in [0.2, 0.25) is 0 Å². The normalized spacial score (nSPS) is 22.8. The van der Waals surface area contributed by atoms with Crippen molar-refractivity contribution in [2.24, 2.45) is 0 Å². The molecule has 5 heteroatoms. The van der Waals surface area contributed by atoms with E-state index in [9.17, 15) is 13.5 Å². The van der Waals surface area contributed by atoms with Crippen LogP contribution < -0.4 is 0 Å². The van der Waals surface area contributed by atoms with Gasteiger partial charge in [0.25, 0.3) is 0 Å². The summed E-state index contributed by atoms with van der Waals surface area (Å²) < 4.78 is 30.7. The van der Waals surface area contributed by atoms with E-state index in [1.807, 2.05) is 6.07 Å². The fourth-order valence-electron chi connectivity index (χ4n) is 2.60. The zero-order valence-electron chi connectivity index (χ0n) is 11.3. The zero-order valence-corrected chi connectivity index (χ0v) is 12.2. The maximum absolute atomic E-state index is 12.7. The Balaban J connectivity index is 2.03. The van der Waals surface area contributed by atoms with Gasteiger partial charge in [0.2, 0.25) is 9.84 Å². The van der Waals surface area contributed by atoms with Crippen LogP contribution in [0, 0.1) is 0 Å². The standard InChI is InChI=1S/C16H16O4S/c17-14-9-8-12(15-7-4-10-20-15)11-16(14)21(18,19)13-5-2-1-3-6-13/h1-7,10-12,14,17H,8-9H2/t12-,14+/m0/s1. The van der Waals surface area contributed by atoms with Crippen molar-refractivity contribution in [2.75, 3.05) is 0 Å². The van der Waals surface area contributed by atoms with E-state index in [4.69, 9.17) is 4.42 Å². The van der Waals surface area contributed by atoms with E-state index in [1.54, 1.807) is 48.7 Å². The summed E-state index contributed by atoms with van der Waals surface area (Å²) >= 11 is 0. The summed E-state index contributed by atoms with van der Waals surface area (Å²) in [6.45, 7) is 0. The lowest BCUT2D eigenvalue weighted by atomic mass is 9.92. The Bertz CT molecular complexity index is 730. The molecule has 21 heavy (non-hydrogen) atoms. The average molecular weight is 304 g/mol. The van der Waals surface area contributed by atoms with Crippen LogP contribution in [0.3, 0.4) is 0 Å². The number of aliphatic hydroxyl groups excluding tert-OH is 1. The molecule has 3 rings (SSSR count). The lowest BCUT2D eigenvalue weighted by Crippen LogP contribution is -2.24. The molecular formula is C16H16O4S. The number of furan rings is 1. The number of allylic oxidation sites excluding steroid dienone is 1. The zero-order chi connectivity index (χ0) is 14.9. The quantitative estimate of drug-likeness (QED) is 0.946. The molecule has 1 heterocycles. The summed E-state index contributed by atoms with van der Waals surface area (Å²) in [5, 5.41) is 10.1. The van der Waals surface area contributed by atoms with Crippen LogP contribution in [-0.2, 0) is 9.84 Å². The van der Waals surface area contributed by atoms with Gasteiger partial charge in [-0.2, -0.15) is 0 Å². The first-order chi connectivity index (χ1) is 10.1. The van der Waals surface area contributed by atoms with Crippen molar-refractivity contribution in [3.8, 4) is 0 Å². The van der Waals surface area contributed by atoms with E-state index in [0.717, 1.165) is 5.76 Å². The maximum atomic E-state index is 12.7. The number of rotatable bonds is 3. The number of hydrogen-bond donors (Lipinski definition) is 1. The molecule has 2 atom stereocenters. The van der Waals surface area contributed by atoms with Crippen LogP contribution in [0.5, 0.6) is 0 Å². The van der Waals surface area contributed by atoms with Crippen molar-refractivity contribution in [2.45, 2.75) is 29.8 Å². The summed E-state index contributed by atoms with van der Waals surface area (Å²) in [5.41, 5.74) is 0. The molecule has 1 N–H and O–H groups in total. The Morgan fingerprint density at radius 2 is 1.81 bits per heavy atom. The molecule has 2 aromatic rings. The molecule has 1 aromatic carbocycles. The van der Waals surface area contributed by atoms with Crippen molar-refractivity contribution in [3.63, 3.8) is 0 Å². The van der Waals surface area contributed by atoms with Crippen LogP contribution in [0.1, 0.15) is 24.5 Å². The molecule has 0 unspecified atom stereocenters. The van der Waals surface area contributed by atoms with Gasteiger partial charge in [0.1, 0.15) is 5.76 Å². The second kappa shape index (κ2) is 5.50. The lowest BCUT2D eigenvalue weighted by Gasteiger charge is -2.24. The smallest absolute Gasteiger partial charge is 0.205 e. The van der Waals surface area contributed by atoms with Gasteiger partial charge in [0, 0.05) is 5.92 Å². The molecule has 0 radical (unpaired) electrons. The predicted octanol–water partition coefficient (Wildman–Crippen LogP) is 2.88. The second-order valence-corrected chi connectivity index (χ2v) is 7.05. The van der Waals surface area contributed by atoms with Gasteiger partial charge >= 0.3 is 0 Å². The minimum Gasteiger partial charge on any atom is -0.469 e. The Kier molecular flexibility index (Phi) is 3.69. The molecule has 0 amide bonds. The summed E-state index contributed by atoms with van der Waals surface area (Å²) in [4.78, 5) is 0.275. The van der Waals surface area contributed by atoms with E-state index >= 15 is 0 Å². The van der Waals surface area contributed by atoms with E-state index in [2.05, 4.69) is 0 Å². The molecule has 110 valence electrons. The average Bonchev–Trinajstić information content (AvgIpc) is 3.03. The third kappa shape index (κ3) is 2.66. The number of aliphatic hydroxyl groups is 1. The molecule has 0 bridgehead atoms. The van der Waals surface area contributed by atoms with Crippen molar-refractivity contribution >= 4 is 9.84 Å². The highest BCUT2D eigenvalue weighted by Crippen LogP contribution is 2.35. The Hall–Kier alpha value is -1.85. The number of benzene rings is 1. The van der Waals surface area contributed by atoms with Crippen LogP contribution >= 0.6 is 0 Å². The van der Waals surface area contributed by atoms with Crippen molar-refractivity contribution in [1.29, 1.82) is 0 Å². The van der Waals surface area contributed by atoms with Crippen molar-refractivity contribution in [3.05, 3.63) is 65.5 Å². The molecule has 0 fully saturated rings. The second-order valence-electron chi connectivity index (χ2n) is 5.10. The monoisotopic (exact) mass is 304 g/mol. The molecule has 1 aliphatic carbocycles. The van der Waals surface area contributed by atoms with E-state index in [0.29, 0.717) is 12.8 Å². The van der Waals surface area contributed by atoms with Crippen LogP contribution in [0.15, 0.2) is 69.0 Å². The number of sulfone groups is 1. The third-order valence-electron chi connectivity index (χ3n) is 3.72. The van der Waals surface area contributed by atoms with E-state index < -0.39 is 15.9 Å². The fourth-order valence-corrected chi connectivity index (χ4v) is 4.21. The first kappa shape index (κ1) is 14.1. The minimum atomic E-state index is -3.67. The van der Waals surface area contributed by atoms with Gasteiger partial charge in [-0.15, -0.1) is 0 Å². The van der Waals surface area contributed by atoms with Crippen LogP contribution in [-0.4, -0.2) is 19.6 Å². The van der Waals surface area contributed by atoms with Gasteiger partial charge in [0.05, 0.1) is 22.2 Å². The predicted molar refractivity (Wildman–Crippen MR) is 78.4 cm³/mol. The highest BCUT2D eigenvalue weighted by molar-refractivity contribution is 7.95. The van der Waals surface area contributed by atoms with Gasteiger partial charge in [-0.25, -0.2) is 8.42 Å². The summed E-state index contributed by atoms with van der Waals surface area (Å²) in [6, 6.07) is 11.8. The van der Waals surface area contributed by atoms with E-state index in [-0.39, 0.29) is 15.7 Å². The highest BCUT2D eigenvalue weighted by atomic mass is 32.2. The Morgan fingerprint density at radius 3 is 2.48 bits per heavy atom. The Morgan fingerprint density at radius 1 is 1.05 bits per heavy atom. The van der Waals surface area contributed by atoms with Gasteiger partial charge in [-0.3, -0.25) is 0 Å². The first-order valence-electron chi connectivity index (χ1n) is 6.82. The summed E-state index contributed by atoms with van der Waals surface area (Å²) in [5.74, 6) is 0.611. The molecule has 1 aromatic heterocycles. The fraction of sp³-hybridized carbons (Fsp3) is 0.250. The van der Waals surface area contributed by atoms with Crippen molar-refractivity contribution in [1.82, 2.24) is 0 Å². The summed E-state index contributed by atoms with van der Waals surface area (Å²) in [7, 11) is -3.67. The van der Waals surface area contributed by atoms with Gasteiger partial charge < -0.3 is 9.52 Å². The summed E-state index contributed by atoms with van der Waals surface area (Å²) in [6.07, 6.45) is 3.31.